The maximum atomic E-state index is 11.9. The highest BCUT2D eigenvalue weighted by molar-refractivity contribution is 6.02. The molecule has 4 heteroatoms. The Bertz CT molecular complexity index is 708. The fourth-order valence-corrected chi connectivity index (χ4v) is 2.09. The van der Waals surface area contributed by atoms with E-state index in [1.165, 1.54) is 6.08 Å². The van der Waals surface area contributed by atoms with E-state index in [4.69, 9.17) is 10.5 Å². The third-order valence-corrected chi connectivity index (χ3v) is 3.21. The van der Waals surface area contributed by atoms with Crippen LogP contribution in [0.4, 0.5) is 11.4 Å². The van der Waals surface area contributed by atoms with Crippen molar-refractivity contribution in [2.45, 2.75) is 20.3 Å². The number of benzene rings is 2. The van der Waals surface area contributed by atoms with Crippen molar-refractivity contribution in [1.29, 1.82) is 0 Å². The van der Waals surface area contributed by atoms with Crippen LogP contribution in [0.5, 0.6) is 5.75 Å². The molecule has 0 aliphatic carbocycles. The van der Waals surface area contributed by atoms with Crippen molar-refractivity contribution in [3.63, 3.8) is 0 Å². The van der Waals surface area contributed by atoms with Crippen molar-refractivity contribution in [3.8, 4) is 5.75 Å². The molecule has 0 spiro atoms. The number of amides is 1. The SMILES string of the molecule is CCCOc1ccc(/C=C\C(=O)Nc2cccc(C)c2)cc1N. The van der Waals surface area contributed by atoms with Gasteiger partial charge in [-0.2, -0.15) is 0 Å². The summed E-state index contributed by atoms with van der Waals surface area (Å²) in [6, 6.07) is 13.2. The quantitative estimate of drug-likeness (QED) is 0.625. The maximum Gasteiger partial charge on any atom is 0.248 e. The monoisotopic (exact) mass is 310 g/mol. The zero-order chi connectivity index (χ0) is 16.7. The Morgan fingerprint density at radius 1 is 1.26 bits per heavy atom. The molecule has 120 valence electrons. The first-order valence-electron chi connectivity index (χ1n) is 7.66. The van der Waals surface area contributed by atoms with Gasteiger partial charge in [0.15, 0.2) is 0 Å². The van der Waals surface area contributed by atoms with Crippen molar-refractivity contribution in [2.24, 2.45) is 0 Å². The lowest BCUT2D eigenvalue weighted by atomic mass is 10.1. The number of hydrogen-bond donors (Lipinski definition) is 2. The van der Waals surface area contributed by atoms with Gasteiger partial charge in [0.25, 0.3) is 0 Å². The van der Waals surface area contributed by atoms with Crippen LogP contribution in [-0.2, 0) is 4.79 Å². The fourth-order valence-electron chi connectivity index (χ4n) is 2.09. The van der Waals surface area contributed by atoms with E-state index in [9.17, 15) is 4.79 Å². The summed E-state index contributed by atoms with van der Waals surface area (Å²) in [4.78, 5) is 11.9. The van der Waals surface area contributed by atoms with Crippen LogP contribution >= 0.6 is 0 Å². The molecule has 0 atom stereocenters. The third kappa shape index (κ3) is 5.18. The Balaban J connectivity index is 1.99. The largest absolute Gasteiger partial charge is 0.491 e. The Kier molecular flexibility index (Phi) is 5.80. The average Bonchev–Trinajstić information content (AvgIpc) is 2.52. The molecule has 0 aliphatic rings. The number of nitrogen functional groups attached to an aromatic ring is 1. The van der Waals surface area contributed by atoms with Gasteiger partial charge in [0, 0.05) is 11.8 Å². The summed E-state index contributed by atoms with van der Waals surface area (Å²) in [7, 11) is 0. The normalized spacial score (nSPS) is 10.7. The zero-order valence-electron chi connectivity index (χ0n) is 13.5. The van der Waals surface area contributed by atoms with E-state index in [2.05, 4.69) is 5.32 Å². The van der Waals surface area contributed by atoms with Crippen LogP contribution in [0, 0.1) is 6.92 Å². The fraction of sp³-hybridized carbons (Fsp3) is 0.211. The number of nitrogens with one attached hydrogen (secondary N) is 1. The smallest absolute Gasteiger partial charge is 0.248 e. The number of nitrogens with two attached hydrogens (primary N) is 1. The highest BCUT2D eigenvalue weighted by Gasteiger charge is 2.01. The molecule has 0 unspecified atom stereocenters. The molecule has 1 amide bonds. The van der Waals surface area contributed by atoms with E-state index < -0.39 is 0 Å². The summed E-state index contributed by atoms with van der Waals surface area (Å²) in [6.07, 6.45) is 4.15. The van der Waals surface area contributed by atoms with Gasteiger partial charge in [-0.3, -0.25) is 4.79 Å². The summed E-state index contributed by atoms with van der Waals surface area (Å²) in [5.41, 5.74) is 9.25. The number of ether oxygens (including phenoxy) is 1. The number of anilines is 2. The number of hydrogen-bond acceptors (Lipinski definition) is 3. The first kappa shape index (κ1) is 16.6. The first-order chi connectivity index (χ1) is 11.1. The summed E-state index contributed by atoms with van der Waals surface area (Å²) in [6.45, 7) is 4.66. The van der Waals surface area contributed by atoms with Crippen LogP contribution in [0.1, 0.15) is 24.5 Å². The van der Waals surface area contributed by atoms with Gasteiger partial charge in [-0.05, 0) is 54.8 Å². The highest BCUT2D eigenvalue weighted by Crippen LogP contribution is 2.23. The van der Waals surface area contributed by atoms with Gasteiger partial charge in [-0.25, -0.2) is 0 Å². The number of aryl methyl sites for hydroxylation is 1. The van der Waals surface area contributed by atoms with Crippen LogP contribution < -0.4 is 15.8 Å². The molecule has 0 radical (unpaired) electrons. The second kappa shape index (κ2) is 8.03. The summed E-state index contributed by atoms with van der Waals surface area (Å²) in [5, 5.41) is 2.83. The van der Waals surface area contributed by atoms with E-state index >= 15 is 0 Å². The minimum absolute atomic E-state index is 0.180. The summed E-state index contributed by atoms with van der Waals surface area (Å²) < 4.78 is 5.53. The molecule has 3 N–H and O–H groups in total. The molecule has 0 saturated heterocycles. The first-order valence-corrected chi connectivity index (χ1v) is 7.66. The lowest BCUT2D eigenvalue weighted by Gasteiger charge is -2.08. The predicted molar refractivity (Wildman–Crippen MR) is 95.5 cm³/mol. The van der Waals surface area contributed by atoms with Gasteiger partial charge in [0.1, 0.15) is 5.75 Å². The van der Waals surface area contributed by atoms with Crippen LogP contribution in [0.25, 0.3) is 6.08 Å². The predicted octanol–water partition coefficient (Wildman–Crippen LogP) is 4.02. The second-order valence-electron chi connectivity index (χ2n) is 5.34. The number of carbonyl (C=O) groups excluding carboxylic acids is 1. The molecule has 2 aromatic carbocycles. The number of rotatable bonds is 6. The standard InChI is InChI=1S/C19H22N2O2/c1-3-11-23-18-9-7-15(13-17(18)20)8-10-19(22)21-16-6-4-5-14(2)12-16/h4-10,12-13H,3,11,20H2,1-2H3,(H,21,22)/b10-8-. The molecule has 4 nitrogen and oxygen atoms in total. The molecule has 2 rings (SSSR count). The average molecular weight is 310 g/mol. The van der Waals surface area contributed by atoms with Gasteiger partial charge in [0.2, 0.25) is 5.91 Å². The zero-order valence-corrected chi connectivity index (χ0v) is 13.5. The van der Waals surface area contributed by atoms with Gasteiger partial charge in [0.05, 0.1) is 12.3 Å². The van der Waals surface area contributed by atoms with Crippen molar-refractivity contribution in [2.75, 3.05) is 17.7 Å². The molecule has 0 bridgehead atoms. The van der Waals surface area contributed by atoms with E-state index in [-0.39, 0.29) is 5.91 Å². The molecule has 0 saturated carbocycles. The highest BCUT2D eigenvalue weighted by atomic mass is 16.5. The van der Waals surface area contributed by atoms with Crippen LogP contribution in [0.2, 0.25) is 0 Å². The lowest BCUT2D eigenvalue weighted by Crippen LogP contribution is -2.07. The Hall–Kier alpha value is -2.75. The Morgan fingerprint density at radius 3 is 2.78 bits per heavy atom. The molecule has 2 aromatic rings. The van der Waals surface area contributed by atoms with Crippen molar-refractivity contribution in [1.82, 2.24) is 0 Å². The van der Waals surface area contributed by atoms with Crippen LogP contribution in [0.15, 0.2) is 48.5 Å². The van der Waals surface area contributed by atoms with Gasteiger partial charge in [-0.15, -0.1) is 0 Å². The Morgan fingerprint density at radius 2 is 2.09 bits per heavy atom. The van der Waals surface area contributed by atoms with Gasteiger partial charge >= 0.3 is 0 Å². The molecule has 23 heavy (non-hydrogen) atoms. The van der Waals surface area contributed by atoms with Crippen LogP contribution in [-0.4, -0.2) is 12.5 Å². The van der Waals surface area contributed by atoms with Gasteiger partial charge in [-0.1, -0.05) is 25.1 Å². The third-order valence-electron chi connectivity index (χ3n) is 3.21. The topological polar surface area (TPSA) is 64.3 Å². The minimum atomic E-state index is -0.180. The van der Waals surface area contributed by atoms with E-state index in [0.29, 0.717) is 18.0 Å². The summed E-state index contributed by atoms with van der Waals surface area (Å²) >= 11 is 0. The van der Waals surface area contributed by atoms with Gasteiger partial charge < -0.3 is 15.8 Å². The Labute approximate surface area is 137 Å². The molecule has 0 heterocycles. The van der Waals surface area contributed by atoms with E-state index in [1.54, 1.807) is 12.1 Å². The molecular weight excluding hydrogens is 288 g/mol. The molecule has 0 aromatic heterocycles. The van der Waals surface area contributed by atoms with Crippen LogP contribution in [0.3, 0.4) is 0 Å². The minimum Gasteiger partial charge on any atom is -0.491 e. The number of carbonyl (C=O) groups is 1. The molecular formula is C19H22N2O2. The summed E-state index contributed by atoms with van der Waals surface area (Å²) in [5.74, 6) is 0.494. The second-order valence-corrected chi connectivity index (χ2v) is 5.34. The lowest BCUT2D eigenvalue weighted by molar-refractivity contribution is -0.111. The van der Waals surface area contributed by atoms with Crippen molar-refractivity contribution in [3.05, 3.63) is 59.7 Å². The van der Waals surface area contributed by atoms with Crippen molar-refractivity contribution >= 4 is 23.4 Å². The van der Waals surface area contributed by atoms with E-state index in [0.717, 1.165) is 23.2 Å². The van der Waals surface area contributed by atoms with E-state index in [1.807, 2.05) is 50.2 Å². The van der Waals surface area contributed by atoms with Crippen molar-refractivity contribution < 1.29 is 9.53 Å². The molecule has 0 aliphatic heterocycles. The maximum absolute atomic E-state index is 11.9. The molecule has 0 fully saturated rings.